The molecule has 1 aromatic carbocycles. The number of carbonyl (C=O) groups is 2. The Balaban J connectivity index is 1.39. The lowest BCUT2D eigenvalue weighted by Gasteiger charge is -2.13. The van der Waals surface area contributed by atoms with Gasteiger partial charge in [-0.3, -0.25) is 14.5 Å². The minimum atomic E-state index is -0.205. The second-order valence-corrected chi connectivity index (χ2v) is 8.57. The van der Waals surface area contributed by atoms with Crippen molar-refractivity contribution in [3.05, 3.63) is 39.7 Å². The van der Waals surface area contributed by atoms with E-state index >= 15 is 0 Å². The van der Waals surface area contributed by atoms with Crippen LogP contribution in [0.5, 0.6) is 11.5 Å². The standard InChI is InChI=1S/C18H15N3O4S3/c1-10-8-27-17(19-10)20-15(22)4-5-21-16(23)14(28-18(21)26)7-11-2-3-12-13(6-11)25-9-24-12/h2-3,6-8H,4-5,9H2,1H3,(H,19,20,22). The van der Waals surface area contributed by atoms with E-state index in [2.05, 4.69) is 10.3 Å². The first-order valence-corrected chi connectivity index (χ1v) is 10.5. The minimum Gasteiger partial charge on any atom is -0.454 e. The summed E-state index contributed by atoms with van der Waals surface area (Å²) in [5, 5.41) is 5.14. The van der Waals surface area contributed by atoms with Crippen molar-refractivity contribution in [3.63, 3.8) is 0 Å². The molecule has 3 heterocycles. The number of thiazole rings is 1. The number of carbonyl (C=O) groups excluding carboxylic acids is 2. The van der Waals surface area contributed by atoms with Crippen molar-refractivity contribution in [2.24, 2.45) is 0 Å². The van der Waals surface area contributed by atoms with Crippen LogP contribution in [0.25, 0.3) is 6.08 Å². The molecule has 10 heteroatoms. The lowest BCUT2D eigenvalue weighted by Crippen LogP contribution is -2.31. The van der Waals surface area contributed by atoms with Crippen LogP contribution in [-0.2, 0) is 9.59 Å². The molecular weight excluding hydrogens is 418 g/mol. The Morgan fingerprint density at radius 2 is 2.21 bits per heavy atom. The number of thioether (sulfide) groups is 1. The highest BCUT2D eigenvalue weighted by atomic mass is 32.2. The predicted octanol–water partition coefficient (Wildman–Crippen LogP) is 3.41. The number of nitrogens with zero attached hydrogens (tertiary/aromatic N) is 2. The number of aryl methyl sites for hydroxylation is 1. The van der Waals surface area contributed by atoms with Crippen molar-refractivity contribution >= 4 is 62.7 Å². The van der Waals surface area contributed by atoms with Crippen molar-refractivity contribution < 1.29 is 19.1 Å². The van der Waals surface area contributed by atoms with Gasteiger partial charge in [0.25, 0.3) is 5.91 Å². The molecule has 0 saturated carbocycles. The monoisotopic (exact) mass is 433 g/mol. The van der Waals surface area contributed by atoms with E-state index in [-0.39, 0.29) is 31.6 Å². The molecular formula is C18H15N3O4S3. The van der Waals surface area contributed by atoms with E-state index in [4.69, 9.17) is 21.7 Å². The van der Waals surface area contributed by atoms with Crippen molar-refractivity contribution in [1.82, 2.24) is 9.88 Å². The first-order chi connectivity index (χ1) is 13.5. The molecule has 1 aromatic heterocycles. The fourth-order valence-corrected chi connectivity index (χ4v) is 4.67. The summed E-state index contributed by atoms with van der Waals surface area (Å²) in [6, 6.07) is 5.47. The number of hydrogen-bond donors (Lipinski definition) is 1. The SMILES string of the molecule is Cc1csc(NC(=O)CCN2C(=O)C(=Cc3ccc4c(c3)OCO4)SC2=S)n1. The normalized spacial score (nSPS) is 16.9. The fourth-order valence-electron chi connectivity index (χ4n) is 2.65. The molecule has 2 aliphatic rings. The number of amides is 2. The van der Waals surface area contributed by atoms with Gasteiger partial charge < -0.3 is 14.8 Å². The molecule has 0 atom stereocenters. The maximum absolute atomic E-state index is 12.7. The number of hydrogen-bond acceptors (Lipinski definition) is 8. The van der Waals surface area contributed by atoms with E-state index in [9.17, 15) is 9.59 Å². The maximum Gasteiger partial charge on any atom is 0.266 e. The van der Waals surface area contributed by atoms with Crippen molar-refractivity contribution in [1.29, 1.82) is 0 Å². The molecule has 1 saturated heterocycles. The molecule has 2 amide bonds. The first kappa shape index (κ1) is 18.9. The Labute approximate surface area is 174 Å². The van der Waals surface area contributed by atoms with Gasteiger partial charge in [0.15, 0.2) is 16.6 Å². The molecule has 28 heavy (non-hydrogen) atoms. The number of aromatic nitrogens is 1. The lowest BCUT2D eigenvalue weighted by molar-refractivity contribution is -0.122. The summed E-state index contributed by atoms with van der Waals surface area (Å²) < 4.78 is 11.1. The van der Waals surface area contributed by atoms with E-state index in [1.165, 1.54) is 28.0 Å². The van der Waals surface area contributed by atoms with Gasteiger partial charge in [0.2, 0.25) is 12.7 Å². The molecule has 0 unspecified atom stereocenters. The Kier molecular flexibility index (Phi) is 5.33. The van der Waals surface area contributed by atoms with E-state index in [0.29, 0.717) is 25.9 Å². The highest BCUT2D eigenvalue weighted by Gasteiger charge is 2.32. The quantitative estimate of drug-likeness (QED) is 0.572. The topological polar surface area (TPSA) is 80.8 Å². The average molecular weight is 434 g/mol. The third kappa shape index (κ3) is 4.03. The first-order valence-electron chi connectivity index (χ1n) is 8.36. The lowest BCUT2D eigenvalue weighted by atomic mass is 10.2. The second-order valence-electron chi connectivity index (χ2n) is 6.04. The Morgan fingerprint density at radius 1 is 1.39 bits per heavy atom. The summed E-state index contributed by atoms with van der Waals surface area (Å²) in [5.41, 5.74) is 1.67. The zero-order chi connectivity index (χ0) is 19.7. The Morgan fingerprint density at radius 3 is 3.00 bits per heavy atom. The molecule has 144 valence electrons. The maximum atomic E-state index is 12.7. The number of ether oxygens (including phenoxy) is 2. The zero-order valence-electron chi connectivity index (χ0n) is 14.8. The third-order valence-corrected chi connectivity index (χ3v) is 6.25. The van der Waals surface area contributed by atoms with Gasteiger partial charge in [0.1, 0.15) is 4.32 Å². The van der Waals surface area contributed by atoms with Crippen molar-refractivity contribution in [2.75, 3.05) is 18.7 Å². The van der Waals surface area contributed by atoms with Crippen LogP contribution >= 0.6 is 35.3 Å². The van der Waals surface area contributed by atoms with Crippen LogP contribution in [0.2, 0.25) is 0 Å². The number of fused-ring (bicyclic) bond motifs is 1. The van der Waals surface area contributed by atoms with Crippen molar-refractivity contribution in [3.8, 4) is 11.5 Å². The van der Waals surface area contributed by atoms with Crippen LogP contribution in [0, 0.1) is 6.92 Å². The van der Waals surface area contributed by atoms with E-state index < -0.39 is 0 Å². The van der Waals surface area contributed by atoms with Gasteiger partial charge in [0.05, 0.1) is 10.6 Å². The molecule has 4 rings (SSSR count). The number of nitrogens with one attached hydrogen (secondary N) is 1. The molecule has 2 aliphatic heterocycles. The summed E-state index contributed by atoms with van der Waals surface area (Å²) in [4.78, 5) is 30.9. The molecule has 1 fully saturated rings. The summed E-state index contributed by atoms with van der Waals surface area (Å²) in [7, 11) is 0. The Hall–Kier alpha value is -2.43. The zero-order valence-corrected chi connectivity index (χ0v) is 17.2. The van der Waals surface area contributed by atoms with Crippen LogP contribution in [0.3, 0.4) is 0 Å². The van der Waals surface area contributed by atoms with Gasteiger partial charge in [-0.25, -0.2) is 4.98 Å². The Bertz CT molecular complexity index is 1000. The summed E-state index contributed by atoms with van der Waals surface area (Å²) >= 11 is 7.90. The third-order valence-electron chi connectivity index (χ3n) is 4.00. The summed E-state index contributed by atoms with van der Waals surface area (Å²) in [6.07, 6.45) is 1.90. The van der Waals surface area contributed by atoms with Gasteiger partial charge in [-0.15, -0.1) is 11.3 Å². The molecule has 0 aliphatic carbocycles. The fraction of sp³-hybridized carbons (Fsp3) is 0.222. The van der Waals surface area contributed by atoms with Gasteiger partial charge in [-0.1, -0.05) is 30.0 Å². The van der Waals surface area contributed by atoms with Crippen LogP contribution < -0.4 is 14.8 Å². The van der Waals surface area contributed by atoms with Gasteiger partial charge in [0, 0.05) is 18.3 Å². The van der Waals surface area contributed by atoms with Crippen LogP contribution in [0.15, 0.2) is 28.5 Å². The van der Waals surface area contributed by atoms with Gasteiger partial charge >= 0.3 is 0 Å². The molecule has 7 nitrogen and oxygen atoms in total. The van der Waals surface area contributed by atoms with E-state index in [1.807, 2.05) is 24.4 Å². The second kappa shape index (κ2) is 7.90. The predicted molar refractivity (Wildman–Crippen MR) is 113 cm³/mol. The highest BCUT2D eigenvalue weighted by molar-refractivity contribution is 8.26. The molecule has 0 spiro atoms. The molecule has 1 N–H and O–H groups in total. The number of thiocarbonyl (C=S) groups is 1. The molecule has 0 radical (unpaired) electrons. The molecule has 0 bridgehead atoms. The average Bonchev–Trinajstić information content (AvgIpc) is 3.34. The van der Waals surface area contributed by atoms with E-state index in [1.54, 1.807) is 12.1 Å². The summed E-state index contributed by atoms with van der Waals surface area (Å²) in [6.45, 7) is 2.28. The van der Waals surface area contributed by atoms with Crippen LogP contribution in [0.4, 0.5) is 5.13 Å². The summed E-state index contributed by atoms with van der Waals surface area (Å²) in [5.74, 6) is 0.929. The number of anilines is 1. The van der Waals surface area contributed by atoms with Crippen LogP contribution in [0.1, 0.15) is 17.7 Å². The smallest absolute Gasteiger partial charge is 0.266 e. The number of rotatable bonds is 5. The molecule has 2 aromatic rings. The van der Waals surface area contributed by atoms with Crippen LogP contribution in [-0.4, -0.2) is 39.4 Å². The van der Waals surface area contributed by atoms with E-state index in [0.717, 1.165) is 11.3 Å². The van der Waals surface area contributed by atoms with Gasteiger partial charge in [-0.05, 0) is 30.7 Å². The van der Waals surface area contributed by atoms with Crippen molar-refractivity contribution in [2.45, 2.75) is 13.3 Å². The highest BCUT2D eigenvalue weighted by Crippen LogP contribution is 2.36. The number of benzene rings is 1. The van der Waals surface area contributed by atoms with Gasteiger partial charge in [-0.2, -0.15) is 0 Å². The largest absolute Gasteiger partial charge is 0.454 e. The minimum absolute atomic E-state index is 0.141.